The van der Waals surface area contributed by atoms with Gasteiger partial charge in [0.05, 0.1) is 11.5 Å². The van der Waals surface area contributed by atoms with Gasteiger partial charge in [0, 0.05) is 13.1 Å². The van der Waals surface area contributed by atoms with Crippen molar-refractivity contribution in [3.8, 4) is 0 Å². The molecule has 2 rings (SSSR count). The molecule has 0 spiro atoms. The molecular weight excluding hydrogens is 288 g/mol. The molecule has 2 amide bonds. The van der Waals surface area contributed by atoms with Gasteiger partial charge in [-0.05, 0) is 17.9 Å². The molecule has 0 aromatic heterocycles. The van der Waals surface area contributed by atoms with Crippen molar-refractivity contribution >= 4 is 21.9 Å². The van der Waals surface area contributed by atoms with E-state index in [1.54, 1.807) is 0 Å². The number of rotatable bonds is 5. The van der Waals surface area contributed by atoms with Gasteiger partial charge in [0.2, 0.25) is 0 Å². The van der Waals surface area contributed by atoms with Crippen LogP contribution >= 0.6 is 0 Å². The molecule has 0 bridgehead atoms. The lowest BCUT2D eigenvalue weighted by Crippen LogP contribution is -2.38. The van der Waals surface area contributed by atoms with E-state index in [-0.39, 0.29) is 23.5 Å². The third-order valence-electron chi connectivity index (χ3n) is 3.37. The molecule has 1 unspecified atom stereocenters. The lowest BCUT2D eigenvalue weighted by Gasteiger charge is -2.09. The molecule has 5 nitrogen and oxygen atoms in total. The number of benzene rings is 1. The fraction of sp³-hybridized carbons (Fsp3) is 0.400. The van der Waals surface area contributed by atoms with Crippen molar-refractivity contribution in [2.75, 3.05) is 24.6 Å². The van der Waals surface area contributed by atoms with Gasteiger partial charge in [0.15, 0.2) is 9.84 Å². The zero-order chi connectivity index (χ0) is 15.1. The Hall–Kier alpha value is -1.82. The average Bonchev–Trinajstić information content (AvgIpc) is 2.82. The summed E-state index contributed by atoms with van der Waals surface area (Å²) in [4.78, 5) is 11.6. The molecular formula is C15H20N2O3S. The zero-order valence-electron chi connectivity index (χ0n) is 11.8. The number of carbonyl (C=O) groups excluding carboxylic acids is 1. The second-order valence-corrected chi connectivity index (χ2v) is 7.40. The van der Waals surface area contributed by atoms with Crippen molar-refractivity contribution in [2.24, 2.45) is 5.92 Å². The number of sulfone groups is 1. The standard InChI is InChI=1S/C15H20N2O3S/c18-15(17-11-14-8-10-21(19,20)12-14)16-9-4-7-13-5-2-1-3-6-13/h1-7,14H,8-12H2,(H2,16,17,18)/b7-4+. The lowest BCUT2D eigenvalue weighted by molar-refractivity contribution is 0.240. The van der Waals surface area contributed by atoms with Crippen LogP contribution in [-0.4, -0.2) is 39.0 Å². The van der Waals surface area contributed by atoms with Crippen LogP contribution < -0.4 is 10.6 Å². The van der Waals surface area contributed by atoms with Crippen LogP contribution in [0.3, 0.4) is 0 Å². The van der Waals surface area contributed by atoms with E-state index in [0.717, 1.165) is 5.56 Å². The van der Waals surface area contributed by atoms with Crippen LogP contribution in [0.4, 0.5) is 4.79 Å². The number of hydrogen-bond acceptors (Lipinski definition) is 3. The van der Waals surface area contributed by atoms with Crippen molar-refractivity contribution in [3.63, 3.8) is 0 Å². The highest BCUT2D eigenvalue weighted by Crippen LogP contribution is 2.17. The van der Waals surface area contributed by atoms with Crippen LogP contribution in [0.5, 0.6) is 0 Å². The molecule has 1 aliphatic heterocycles. The fourth-order valence-corrected chi connectivity index (χ4v) is 4.11. The molecule has 1 aromatic rings. The molecule has 0 aliphatic carbocycles. The van der Waals surface area contributed by atoms with Gasteiger partial charge in [0.1, 0.15) is 0 Å². The molecule has 6 heteroatoms. The smallest absolute Gasteiger partial charge is 0.315 e. The summed E-state index contributed by atoms with van der Waals surface area (Å²) < 4.78 is 22.6. The first-order valence-corrected chi connectivity index (χ1v) is 8.81. The molecule has 1 fully saturated rings. The predicted octanol–water partition coefficient (Wildman–Crippen LogP) is 1.43. The van der Waals surface area contributed by atoms with E-state index in [9.17, 15) is 13.2 Å². The number of hydrogen-bond donors (Lipinski definition) is 2. The molecule has 1 heterocycles. The number of urea groups is 1. The first-order valence-electron chi connectivity index (χ1n) is 6.99. The maximum absolute atomic E-state index is 11.6. The Kier molecular flexibility index (Phi) is 5.38. The lowest BCUT2D eigenvalue weighted by atomic mass is 10.1. The van der Waals surface area contributed by atoms with E-state index in [0.29, 0.717) is 19.5 Å². The SMILES string of the molecule is O=C(NC/C=C/c1ccccc1)NCC1CCS(=O)(=O)C1. The summed E-state index contributed by atoms with van der Waals surface area (Å²) in [6.45, 7) is 0.844. The van der Waals surface area contributed by atoms with E-state index in [2.05, 4.69) is 10.6 Å². The van der Waals surface area contributed by atoms with Crippen molar-refractivity contribution in [3.05, 3.63) is 42.0 Å². The largest absolute Gasteiger partial charge is 0.338 e. The highest BCUT2D eigenvalue weighted by molar-refractivity contribution is 7.91. The molecule has 114 valence electrons. The highest BCUT2D eigenvalue weighted by atomic mass is 32.2. The normalized spacial score (nSPS) is 20.5. The third-order valence-corrected chi connectivity index (χ3v) is 5.21. The van der Waals surface area contributed by atoms with Gasteiger partial charge in [-0.3, -0.25) is 0 Å². The van der Waals surface area contributed by atoms with Crippen LogP contribution in [0.15, 0.2) is 36.4 Å². The summed E-state index contributed by atoms with van der Waals surface area (Å²) in [5.74, 6) is 0.461. The van der Waals surface area contributed by atoms with Crippen LogP contribution in [0.1, 0.15) is 12.0 Å². The summed E-state index contributed by atoms with van der Waals surface area (Å²) in [6, 6.07) is 9.56. The van der Waals surface area contributed by atoms with Crippen molar-refractivity contribution in [2.45, 2.75) is 6.42 Å². The molecule has 1 atom stereocenters. The monoisotopic (exact) mass is 308 g/mol. The topological polar surface area (TPSA) is 75.3 Å². The van der Waals surface area contributed by atoms with Gasteiger partial charge < -0.3 is 10.6 Å². The Morgan fingerprint density at radius 2 is 2.00 bits per heavy atom. The number of amides is 2. The van der Waals surface area contributed by atoms with Gasteiger partial charge in [0.25, 0.3) is 0 Å². The highest BCUT2D eigenvalue weighted by Gasteiger charge is 2.27. The van der Waals surface area contributed by atoms with E-state index < -0.39 is 9.84 Å². The van der Waals surface area contributed by atoms with Gasteiger partial charge in [-0.15, -0.1) is 0 Å². The van der Waals surface area contributed by atoms with Crippen molar-refractivity contribution < 1.29 is 13.2 Å². The van der Waals surface area contributed by atoms with Crippen LogP contribution in [0.25, 0.3) is 6.08 Å². The van der Waals surface area contributed by atoms with E-state index in [1.165, 1.54) is 0 Å². The van der Waals surface area contributed by atoms with Crippen molar-refractivity contribution in [1.82, 2.24) is 10.6 Å². The zero-order valence-corrected chi connectivity index (χ0v) is 12.6. The van der Waals surface area contributed by atoms with Gasteiger partial charge in [-0.25, -0.2) is 13.2 Å². The summed E-state index contributed by atoms with van der Waals surface area (Å²) in [7, 11) is -2.88. The Morgan fingerprint density at radius 1 is 1.24 bits per heavy atom. The molecule has 0 radical (unpaired) electrons. The molecule has 21 heavy (non-hydrogen) atoms. The summed E-state index contributed by atoms with van der Waals surface area (Å²) in [6.07, 6.45) is 4.44. The quantitative estimate of drug-likeness (QED) is 0.864. The van der Waals surface area contributed by atoms with Crippen molar-refractivity contribution in [1.29, 1.82) is 0 Å². The van der Waals surface area contributed by atoms with E-state index in [4.69, 9.17) is 0 Å². The van der Waals surface area contributed by atoms with Crippen LogP contribution in [-0.2, 0) is 9.84 Å². The Bertz CT molecular complexity index is 597. The molecule has 1 aromatic carbocycles. The Morgan fingerprint density at radius 3 is 2.67 bits per heavy atom. The molecule has 1 saturated heterocycles. The molecule has 0 saturated carbocycles. The number of nitrogens with one attached hydrogen (secondary N) is 2. The van der Waals surface area contributed by atoms with Gasteiger partial charge in [-0.2, -0.15) is 0 Å². The maximum atomic E-state index is 11.6. The summed E-state index contributed by atoms with van der Waals surface area (Å²) >= 11 is 0. The summed E-state index contributed by atoms with van der Waals surface area (Å²) in [5.41, 5.74) is 1.08. The van der Waals surface area contributed by atoms with Crippen LogP contribution in [0.2, 0.25) is 0 Å². The first kappa shape index (κ1) is 15.6. The van der Waals surface area contributed by atoms with Crippen LogP contribution in [0, 0.1) is 5.92 Å². The number of carbonyl (C=O) groups is 1. The molecule has 1 aliphatic rings. The Labute approximate surface area is 125 Å². The first-order chi connectivity index (χ1) is 10.1. The third kappa shape index (κ3) is 5.59. The van der Waals surface area contributed by atoms with Gasteiger partial charge >= 0.3 is 6.03 Å². The van der Waals surface area contributed by atoms with Gasteiger partial charge in [-0.1, -0.05) is 42.5 Å². The van der Waals surface area contributed by atoms with E-state index >= 15 is 0 Å². The minimum absolute atomic E-state index is 0.0422. The second-order valence-electron chi connectivity index (χ2n) is 5.17. The summed E-state index contributed by atoms with van der Waals surface area (Å²) in [5, 5.41) is 5.42. The Balaban J connectivity index is 1.63. The maximum Gasteiger partial charge on any atom is 0.315 e. The van der Waals surface area contributed by atoms with E-state index in [1.807, 2.05) is 42.5 Å². The average molecular weight is 308 g/mol. The predicted molar refractivity (Wildman–Crippen MR) is 83.6 cm³/mol. The molecule has 2 N–H and O–H groups in total. The fourth-order valence-electron chi connectivity index (χ4n) is 2.24. The minimum atomic E-state index is -2.88. The second kappa shape index (κ2) is 7.26. The minimum Gasteiger partial charge on any atom is -0.338 e.